The maximum Gasteiger partial charge on any atom is 0.471 e. The number of nitrogens with zero attached hydrogens (tertiary/aromatic N) is 2. The molecule has 96 valence electrons. The summed E-state index contributed by atoms with van der Waals surface area (Å²) in [5.74, 6) is -1.43. The van der Waals surface area contributed by atoms with Crippen LogP contribution in [-0.2, 0) is 12.6 Å². The summed E-state index contributed by atoms with van der Waals surface area (Å²) in [5.41, 5.74) is 6.86. The minimum atomic E-state index is -4.62. The van der Waals surface area contributed by atoms with Gasteiger partial charge in [0.05, 0.1) is 0 Å². The summed E-state index contributed by atoms with van der Waals surface area (Å²) in [4.78, 5) is 3.30. The Morgan fingerprint density at radius 2 is 1.83 bits per heavy atom. The van der Waals surface area contributed by atoms with Gasteiger partial charge < -0.3 is 10.3 Å². The zero-order valence-corrected chi connectivity index (χ0v) is 9.24. The van der Waals surface area contributed by atoms with Gasteiger partial charge in [0.2, 0.25) is 5.82 Å². The summed E-state index contributed by atoms with van der Waals surface area (Å²) < 4.78 is 41.0. The van der Waals surface area contributed by atoms with Crippen molar-refractivity contribution in [1.82, 2.24) is 10.1 Å². The smallest absolute Gasteiger partial charge is 0.330 e. The van der Waals surface area contributed by atoms with E-state index in [9.17, 15) is 13.2 Å². The molecule has 1 heterocycles. The van der Waals surface area contributed by atoms with Crippen molar-refractivity contribution in [3.8, 4) is 11.4 Å². The highest BCUT2D eigenvalue weighted by molar-refractivity contribution is 5.54. The topological polar surface area (TPSA) is 64.9 Å². The molecular formula is C11H10F3N3O. The first kappa shape index (κ1) is 12.6. The van der Waals surface area contributed by atoms with Crippen molar-refractivity contribution in [2.24, 2.45) is 5.73 Å². The number of aromatic nitrogens is 2. The third-order valence-electron chi connectivity index (χ3n) is 2.31. The Bertz CT molecular complexity index is 519. The van der Waals surface area contributed by atoms with Gasteiger partial charge in [0.25, 0.3) is 0 Å². The average molecular weight is 257 g/mol. The maximum atomic E-state index is 12.3. The van der Waals surface area contributed by atoms with Crippen LogP contribution in [0, 0.1) is 0 Å². The molecule has 0 aliphatic heterocycles. The van der Waals surface area contributed by atoms with E-state index < -0.39 is 12.1 Å². The molecule has 0 unspecified atom stereocenters. The van der Waals surface area contributed by atoms with E-state index in [2.05, 4.69) is 14.7 Å². The summed E-state index contributed by atoms with van der Waals surface area (Å²) >= 11 is 0. The standard InChI is InChI=1S/C11H10F3N3O/c12-11(13,14)10-16-9(17-18-10)8-3-1-7(2-4-8)5-6-15/h1-4H,5-6,15H2. The second kappa shape index (κ2) is 4.77. The van der Waals surface area contributed by atoms with Gasteiger partial charge in [-0.15, -0.1) is 0 Å². The Kier molecular flexibility index (Phi) is 3.33. The summed E-state index contributed by atoms with van der Waals surface area (Å²) in [5, 5.41) is 3.30. The van der Waals surface area contributed by atoms with Gasteiger partial charge >= 0.3 is 12.1 Å². The van der Waals surface area contributed by atoms with Crippen molar-refractivity contribution in [3.63, 3.8) is 0 Å². The van der Waals surface area contributed by atoms with Crippen LogP contribution in [0.3, 0.4) is 0 Å². The molecule has 2 rings (SSSR count). The van der Waals surface area contributed by atoms with Crippen LogP contribution in [0.5, 0.6) is 0 Å². The van der Waals surface area contributed by atoms with E-state index in [1.54, 1.807) is 24.3 Å². The van der Waals surface area contributed by atoms with E-state index in [-0.39, 0.29) is 5.82 Å². The largest absolute Gasteiger partial charge is 0.471 e. The number of nitrogens with two attached hydrogens (primary N) is 1. The number of alkyl halides is 3. The predicted molar refractivity (Wildman–Crippen MR) is 57.5 cm³/mol. The molecule has 0 saturated heterocycles. The second-order valence-electron chi connectivity index (χ2n) is 3.66. The van der Waals surface area contributed by atoms with E-state index in [0.717, 1.165) is 5.56 Å². The second-order valence-corrected chi connectivity index (χ2v) is 3.66. The van der Waals surface area contributed by atoms with Crippen molar-refractivity contribution >= 4 is 0 Å². The van der Waals surface area contributed by atoms with Gasteiger partial charge in [-0.1, -0.05) is 29.4 Å². The van der Waals surface area contributed by atoms with Gasteiger partial charge in [-0.3, -0.25) is 0 Å². The quantitative estimate of drug-likeness (QED) is 0.915. The molecule has 0 spiro atoms. The highest BCUT2D eigenvalue weighted by atomic mass is 19.4. The van der Waals surface area contributed by atoms with Crippen molar-refractivity contribution < 1.29 is 17.7 Å². The lowest BCUT2D eigenvalue weighted by Crippen LogP contribution is -2.04. The average Bonchev–Trinajstić information content (AvgIpc) is 2.79. The zero-order chi connectivity index (χ0) is 13.2. The van der Waals surface area contributed by atoms with Gasteiger partial charge in [-0.05, 0) is 18.5 Å². The molecule has 1 aromatic heterocycles. The Morgan fingerprint density at radius 3 is 2.33 bits per heavy atom. The van der Waals surface area contributed by atoms with E-state index >= 15 is 0 Å². The number of halogens is 3. The zero-order valence-electron chi connectivity index (χ0n) is 9.24. The molecule has 0 fully saturated rings. The Labute approximate surface area is 101 Å². The van der Waals surface area contributed by atoms with E-state index in [0.29, 0.717) is 18.5 Å². The van der Waals surface area contributed by atoms with Gasteiger partial charge in [-0.25, -0.2) is 0 Å². The molecule has 2 aromatic rings. The van der Waals surface area contributed by atoms with E-state index in [1.807, 2.05) is 0 Å². The van der Waals surface area contributed by atoms with Crippen LogP contribution in [0.4, 0.5) is 13.2 Å². The number of hydrogen-bond donors (Lipinski definition) is 1. The lowest BCUT2D eigenvalue weighted by Gasteiger charge is -1.99. The molecule has 1 aromatic carbocycles. The molecule has 4 nitrogen and oxygen atoms in total. The van der Waals surface area contributed by atoms with Crippen LogP contribution < -0.4 is 5.73 Å². The van der Waals surface area contributed by atoms with Crippen LogP contribution in [0.2, 0.25) is 0 Å². The molecule has 0 aliphatic carbocycles. The molecule has 0 saturated carbocycles. The lowest BCUT2D eigenvalue weighted by atomic mass is 10.1. The van der Waals surface area contributed by atoms with E-state index in [1.165, 1.54) is 0 Å². The molecule has 0 atom stereocenters. The third-order valence-corrected chi connectivity index (χ3v) is 2.31. The monoisotopic (exact) mass is 257 g/mol. The number of hydrogen-bond acceptors (Lipinski definition) is 4. The maximum absolute atomic E-state index is 12.3. The van der Waals surface area contributed by atoms with Crippen molar-refractivity contribution in [3.05, 3.63) is 35.7 Å². The van der Waals surface area contributed by atoms with E-state index in [4.69, 9.17) is 5.73 Å². The summed E-state index contributed by atoms with van der Waals surface area (Å²) in [6.07, 6.45) is -3.91. The summed E-state index contributed by atoms with van der Waals surface area (Å²) in [6, 6.07) is 6.81. The number of rotatable bonds is 3. The Morgan fingerprint density at radius 1 is 1.17 bits per heavy atom. The van der Waals surface area contributed by atoms with Crippen molar-refractivity contribution in [2.75, 3.05) is 6.54 Å². The molecule has 0 radical (unpaired) electrons. The first-order chi connectivity index (χ1) is 8.50. The van der Waals surface area contributed by atoms with Crippen LogP contribution in [0.25, 0.3) is 11.4 Å². The fourth-order valence-electron chi connectivity index (χ4n) is 1.44. The first-order valence-corrected chi connectivity index (χ1v) is 5.21. The van der Waals surface area contributed by atoms with Crippen LogP contribution >= 0.6 is 0 Å². The SMILES string of the molecule is NCCc1ccc(-c2noc(C(F)(F)F)n2)cc1. The number of benzene rings is 1. The highest BCUT2D eigenvalue weighted by Crippen LogP contribution is 2.29. The van der Waals surface area contributed by atoms with Crippen molar-refractivity contribution in [1.29, 1.82) is 0 Å². The van der Waals surface area contributed by atoms with Gasteiger partial charge in [0, 0.05) is 5.56 Å². The molecule has 0 aliphatic rings. The Hall–Kier alpha value is -1.89. The van der Waals surface area contributed by atoms with Gasteiger partial charge in [0.15, 0.2) is 0 Å². The highest BCUT2D eigenvalue weighted by Gasteiger charge is 2.38. The van der Waals surface area contributed by atoms with Gasteiger partial charge in [0.1, 0.15) is 0 Å². The molecule has 18 heavy (non-hydrogen) atoms. The fraction of sp³-hybridized carbons (Fsp3) is 0.273. The minimum absolute atomic E-state index is 0.0818. The van der Waals surface area contributed by atoms with Crippen molar-refractivity contribution in [2.45, 2.75) is 12.6 Å². The van der Waals surface area contributed by atoms with Crippen LogP contribution in [0.15, 0.2) is 28.8 Å². The normalized spacial score (nSPS) is 11.8. The fourth-order valence-corrected chi connectivity index (χ4v) is 1.44. The van der Waals surface area contributed by atoms with Crippen LogP contribution in [-0.4, -0.2) is 16.7 Å². The summed E-state index contributed by atoms with van der Waals surface area (Å²) in [6.45, 7) is 0.514. The predicted octanol–water partition coefficient (Wildman–Crippen LogP) is 2.26. The third kappa shape index (κ3) is 2.67. The first-order valence-electron chi connectivity index (χ1n) is 5.21. The minimum Gasteiger partial charge on any atom is -0.330 e. The molecule has 7 heteroatoms. The van der Waals surface area contributed by atoms with Gasteiger partial charge in [-0.2, -0.15) is 18.2 Å². The Balaban J connectivity index is 2.23. The molecular weight excluding hydrogens is 247 g/mol. The summed E-state index contributed by atoms with van der Waals surface area (Å²) in [7, 11) is 0. The lowest BCUT2D eigenvalue weighted by molar-refractivity contribution is -0.159. The molecule has 0 bridgehead atoms. The molecule has 2 N–H and O–H groups in total. The molecule has 0 amide bonds. The van der Waals surface area contributed by atoms with Crippen LogP contribution in [0.1, 0.15) is 11.5 Å².